The Bertz CT molecular complexity index is 723. The highest BCUT2D eigenvalue weighted by atomic mass is 32.1. The number of rotatable bonds is 7. The Kier molecular flexibility index (Phi) is 6.69. The average molecular weight is 378 g/mol. The van der Waals surface area contributed by atoms with Crippen molar-refractivity contribution in [2.75, 3.05) is 27.2 Å². The number of aliphatic hydroxyl groups excluding tert-OH is 1. The molecule has 0 fully saturated rings. The first-order valence-electron chi connectivity index (χ1n) is 8.37. The fraction of sp³-hybridized carbons (Fsp3) is 0.500. The lowest BCUT2D eigenvalue weighted by atomic mass is 10.1. The van der Waals surface area contributed by atoms with Gasteiger partial charge in [-0.2, -0.15) is 0 Å². The van der Waals surface area contributed by atoms with Crippen LogP contribution in [0.2, 0.25) is 0 Å². The number of β-amino-alcohol motifs (C(OH)–C–C–N with tert-alkyl or cyclic N) is 1. The molecule has 8 heteroatoms. The molecular weight excluding hydrogens is 352 g/mol. The van der Waals surface area contributed by atoms with E-state index in [-0.39, 0.29) is 18.1 Å². The number of nitrogens with zero attached hydrogens (tertiary/aromatic N) is 3. The number of benzene rings is 1. The molecule has 0 aliphatic heterocycles. The van der Waals surface area contributed by atoms with Gasteiger partial charge in [-0.05, 0) is 56.6 Å². The first kappa shape index (κ1) is 20.3. The molecule has 7 nitrogen and oxygen atoms in total. The van der Waals surface area contributed by atoms with Crippen LogP contribution < -0.4 is 10.1 Å². The van der Waals surface area contributed by atoms with E-state index in [1.165, 1.54) is 4.90 Å². The van der Waals surface area contributed by atoms with Gasteiger partial charge < -0.3 is 20.1 Å². The number of aromatic nitrogens is 2. The maximum Gasteiger partial charge on any atom is 0.267 e. The van der Waals surface area contributed by atoms with Crippen LogP contribution in [0.4, 0.5) is 0 Å². The SMILES string of the molecule is CN(C)C(=O)c1snnc1-c1ccc(OCC(O)CNC(C)(C)C)cc1. The Balaban J connectivity index is 1.97. The standard InChI is InChI=1S/C18H26N4O3S/c1-18(2,3)19-10-13(23)11-25-14-8-6-12(7-9-14)15-16(26-21-20-15)17(24)22(4)5/h6-9,13,19,23H,10-11H2,1-5H3. The molecule has 0 bridgehead atoms. The predicted molar refractivity (Wildman–Crippen MR) is 103 cm³/mol. The number of ether oxygens (including phenoxy) is 1. The van der Waals surface area contributed by atoms with Crippen molar-refractivity contribution in [3.05, 3.63) is 29.1 Å². The van der Waals surface area contributed by atoms with E-state index in [4.69, 9.17) is 4.74 Å². The van der Waals surface area contributed by atoms with Crippen LogP contribution in [0.5, 0.6) is 5.75 Å². The molecule has 1 heterocycles. The molecule has 0 saturated carbocycles. The molecule has 0 aliphatic rings. The minimum absolute atomic E-state index is 0.0497. The fourth-order valence-corrected chi connectivity index (χ4v) is 2.82. The number of aliphatic hydroxyl groups is 1. The summed E-state index contributed by atoms with van der Waals surface area (Å²) >= 11 is 1.08. The summed E-state index contributed by atoms with van der Waals surface area (Å²) < 4.78 is 9.52. The molecule has 26 heavy (non-hydrogen) atoms. The second-order valence-corrected chi connectivity index (χ2v) is 8.02. The zero-order chi connectivity index (χ0) is 19.3. The van der Waals surface area contributed by atoms with E-state index >= 15 is 0 Å². The number of hydrogen-bond acceptors (Lipinski definition) is 7. The van der Waals surface area contributed by atoms with E-state index in [2.05, 4.69) is 14.9 Å². The molecule has 0 aliphatic carbocycles. The molecule has 2 aromatic rings. The molecule has 2 N–H and O–H groups in total. The first-order chi connectivity index (χ1) is 12.2. The third-order valence-electron chi connectivity index (χ3n) is 3.53. The van der Waals surface area contributed by atoms with Crippen LogP contribution in [0.3, 0.4) is 0 Å². The molecule has 2 rings (SSSR count). The highest BCUT2D eigenvalue weighted by Gasteiger charge is 2.19. The minimum atomic E-state index is -0.596. The van der Waals surface area contributed by atoms with E-state index in [0.29, 0.717) is 22.9 Å². The molecule has 1 atom stereocenters. The van der Waals surface area contributed by atoms with Gasteiger partial charge in [-0.1, -0.05) is 4.49 Å². The Morgan fingerprint density at radius 1 is 1.31 bits per heavy atom. The highest BCUT2D eigenvalue weighted by Crippen LogP contribution is 2.26. The molecule has 1 aromatic carbocycles. The van der Waals surface area contributed by atoms with Gasteiger partial charge in [-0.15, -0.1) is 5.10 Å². The summed E-state index contributed by atoms with van der Waals surface area (Å²) in [7, 11) is 3.39. The maximum absolute atomic E-state index is 12.2. The summed E-state index contributed by atoms with van der Waals surface area (Å²) in [5.41, 5.74) is 1.31. The summed E-state index contributed by atoms with van der Waals surface area (Å²) in [5.74, 6) is 0.525. The van der Waals surface area contributed by atoms with Gasteiger partial charge in [-0.3, -0.25) is 4.79 Å². The summed E-state index contributed by atoms with van der Waals surface area (Å²) in [4.78, 5) is 14.2. The van der Waals surface area contributed by atoms with Gasteiger partial charge in [0, 0.05) is 31.7 Å². The molecule has 142 valence electrons. The Labute approximate surface area is 158 Å². The lowest BCUT2D eigenvalue weighted by Gasteiger charge is -2.23. The van der Waals surface area contributed by atoms with Gasteiger partial charge in [0.1, 0.15) is 29.0 Å². The van der Waals surface area contributed by atoms with Gasteiger partial charge in [-0.25, -0.2) is 0 Å². The molecule has 0 spiro atoms. The van der Waals surface area contributed by atoms with Crippen LogP contribution in [0.15, 0.2) is 24.3 Å². The monoisotopic (exact) mass is 378 g/mol. The number of carbonyl (C=O) groups is 1. The molecule has 1 amide bonds. The van der Waals surface area contributed by atoms with E-state index in [9.17, 15) is 9.90 Å². The van der Waals surface area contributed by atoms with Crippen molar-refractivity contribution >= 4 is 17.4 Å². The van der Waals surface area contributed by atoms with Crippen molar-refractivity contribution in [3.63, 3.8) is 0 Å². The van der Waals surface area contributed by atoms with E-state index < -0.39 is 6.10 Å². The zero-order valence-electron chi connectivity index (χ0n) is 15.8. The van der Waals surface area contributed by atoms with Crippen molar-refractivity contribution in [3.8, 4) is 17.0 Å². The molecule has 0 radical (unpaired) electrons. The van der Waals surface area contributed by atoms with E-state index in [1.54, 1.807) is 26.2 Å². The summed E-state index contributed by atoms with van der Waals surface area (Å²) in [5, 5.41) is 17.3. The van der Waals surface area contributed by atoms with Gasteiger partial charge in [0.05, 0.1) is 0 Å². The predicted octanol–water partition coefficient (Wildman–Crippen LogP) is 2.03. The quantitative estimate of drug-likeness (QED) is 0.767. The topological polar surface area (TPSA) is 87.6 Å². The summed E-state index contributed by atoms with van der Waals surface area (Å²) in [6.45, 7) is 6.79. The minimum Gasteiger partial charge on any atom is -0.491 e. The third kappa shape index (κ3) is 5.76. The van der Waals surface area contributed by atoms with Crippen molar-refractivity contribution in [1.29, 1.82) is 0 Å². The maximum atomic E-state index is 12.2. The summed E-state index contributed by atoms with van der Waals surface area (Å²) in [6.07, 6.45) is -0.596. The Morgan fingerprint density at radius 3 is 2.54 bits per heavy atom. The van der Waals surface area contributed by atoms with Crippen LogP contribution in [-0.2, 0) is 0 Å². The van der Waals surface area contributed by atoms with Crippen molar-refractivity contribution in [2.24, 2.45) is 0 Å². The zero-order valence-corrected chi connectivity index (χ0v) is 16.6. The Morgan fingerprint density at radius 2 is 1.96 bits per heavy atom. The van der Waals surface area contributed by atoms with Crippen molar-refractivity contribution in [2.45, 2.75) is 32.4 Å². The molecule has 1 aromatic heterocycles. The Hall–Kier alpha value is -2.03. The largest absolute Gasteiger partial charge is 0.491 e. The molecule has 1 unspecified atom stereocenters. The third-order valence-corrected chi connectivity index (χ3v) is 4.24. The van der Waals surface area contributed by atoms with Crippen molar-refractivity contribution < 1.29 is 14.6 Å². The second-order valence-electron chi connectivity index (χ2n) is 7.27. The highest BCUT2D eigenvalue weighted by molar-refractivity contribution is 7.08. The van der Waals surface area contributed by atoms with E-state index in [1.807, 2.05) is 32.9 Å². The fourth-order valence-electron chi connectivity index (χ4n) is 2.11. The number of hydrogen-bond donors (Lipinski definition) is 2. The summed E-state index contributed by atoms with van der Waals surface area (Å²) in [6, 6.07) is 7.25. The lowest BCUT2D eigenvalue weighted by Crippen LogP contribution is -2.42. The molecule has 0 saturated heterocycles. The molecular formula is C18H26N4O3S. The van der Waals surface area contributed by atoms with Gasteiger partial charge in [0.15, 0.2) is 0 Å². The van der Waals surface area contributed by atoms with Gasteiger partial charge >= 0.3 is 0 Å². The second kappa shape index (κ2) is 8.57. The first-order valence-corrected chi connectivity index (χ1v) is 9.15. The average Bonchev–Trinajstić information content (AvgIpc) is 3.06. The lowest BCUT2D eigenvalue weighted by molar-refractivity contribution is 0.0832. The van der Waals surface area contributed by atoms with Crippen LogP contribution in [-0.4, -0.2) is 64.4 Å². The normalized spacial score (nSPS) is 12.7. The van der Waals surface area contributed by atoms with Crippen LogP contribution in [0.1, 0.15) is 30.4 Å². The van der Waals surface area contributed by atoms with E-state index in [0.717, 1.165) is 17.1 Å². The van der Waals surface area contributed by atoms with Crippen molar-refractivity contribution in [1.82, 2.24) is 19.8 Å². The van der Waals surface area contributed by atoms with Crippen LogP contribution >= 0.6 is 11.5 Å². The number of nitrogens with one attached hydrogen (secondary N) is 1. The number of carbonyl (C=O) groups excluding carboxylic acids is 1. The smallest absolute Gasteiger partial charge is 0.267 e. The number of amides is 1. The van der Waals surface area contributed by atoms with Crippen LogP contribution in [0.25, 0.3) is 11.3 Å². The van der Waals surface area contributed by atoms with Gasteiger partial charge in [0.2, 0.25) is 0 Å². The van der Waals surface area contributed by atoms with Crippen LogP contribution in [0, 0.1) is 0 Å². The van der Waals surface area contributed by atoms with Gasteiger partial charge in [0.25, 0.3) is 5.91 Å².